The van der Waals surface area contributed by atoms with Crippen LogP contribution in [0.2, 0.25) is 5.02 Å². The highest BCUT2D eigenvalue weighted by atomic mass is 35.5. The quantitative estimate of drug-likeness (QED) is 0.836. The Hall–Kier alpha value is -0.400. The van der Waals surface area contributed by atoms with Crippen molar-refractivity contribution in [3.05, 3.63) is 29.0 Å². The van der Waals surface area contributed by atoms with Crippen molar-refractivity contribution in [1.82, 2.24) is 4.72 Å². The van der Waals surface area contributed by atoms with Crippen molar-refractivity contribution in [3.8, 4) is 0 Å². The van der Waals surface area contributed by atoms with Crippen LogP contribution in [-0.4, -0.2) is 21.0 Å². The van der Waals surface area contributed by atoms with Gasteiger partial charge < -0.3 is 5.73 Å². The van der Waals surface area contributed by atoms with Gasteiger partial charge in [0.25, 0.3) is 0 Å². The van der Waals surface area contributed by atoms with Crippen molar-refractivity contribution in [2.75, 3.05) is 6.54 Å². The minimum Gasteiger partial charge on any atom is -0.329 e. The van der Waals surface area contributed by atoms with Crippen LogP contribution in [-0.2, 0) is 10.0 Å². The zero-order valence-corrected chi connectivity index (χ0v) is 14.5. The van der Waals surface area contributed by atoms with E-state index in [2.05, 4.69) is 4.72 Å². The maximum absolute atomic E-state index is 13.0. The van der Waals surface area contributed by atoms with Gasteiger partial charge in [-0.2, -0.15) is 0 Å². The van der Waals surface area contributed by atoms with Crippen LogP contribution in [0.25, 0.3) is 0 Å². The van der Waals surface area contributed by atoms with Crippen molar-refractivity contribution in [3.63, 3.8) is 0 Å². The summed E-state index contributed by atoms with van der Waals surface area (Å²) in [5.74, 6) is -0.320. The van der Waals surface area contributed by atoms with E-state index in [1.165, 1.54) is 12.5 Å². The maximum atomic E-state index is 13.0. The first-order valence-corrected chi connectivity index (χ1v) is 8.97. The highest BCUT2D eigenvalue weighted by Crippen LogP contribution is 2.28. The van der Waals surface area contributed by atoms with Crippen LogP contribution >= 0.6 is 24.0 Å². The average Bonchev–Trinajstić information content (AvgIpc) is 2.45. The third-order valence-electron chi connectivity index (χ3n) is 3.96. The molecule has 2 rings (SSSR count). The normalized spacial score (nSPS) is 17.8. The molecule has 126 valence electrons. The van der Waals surface area contributed by atoms with Gasteiger partial charge in [0.2, 0.25) is 10.0 Å². The molecule has 0 bridgehead atoms. The molecule has 3 N–H and O–H groups in total. The Morgan fingerprint density at radius 3 is 2.50 bits per heavy atom. The van der Waals surface area contributed by atoms with E-state index >= 15 is 0 Å². The molecule has 4 nitrogen and oxygen atoms in total. The summed E-state index contributed by atoms with van der Waals surface area (Å²) in [7, 11) is -3.80. The van der Waals surface area contributed by atoms with Gasteiger partial charge in [-0.1, -0.05) is 30.9 Å². The zero-order valence-electron chi connectivity index (χ0n) is 12.1. The Morgan fingerprint density at radius 1 is 1.32 bits per heavy atom. The largest absolute Gasteiger partial charge is 0.329 e. The fraction of sp³-hybridized carbons (Fsp3) is 0.571. The number of rotatable bonds is 5. The number of hydrogen-bond acceptors (Lipinski definition) is 3. The molecule has 0 spiro atoms. The van der Waals surface area contributed by atoms with Gasteiger partial charge in [-0.25, -0.2) is 17.5 Å². The molecule has 0 heterocycles. The Balaban J connectivity index is 0.00000242. The number of benzene rings is 1. The number of hydrogen-bond donors (Lipinski definition) is 2. The molecule has 0 aromatic heterocycles. The minimum absolute atomic E-state index is 0. The van der Waals surface area contributed by atoms with E-state index < -0.39 is 15.8 Å². The Labute approximate surface area is 142 Å². The molecule has 1 aliphatic carbocycles. The molecule has 1 atom stereocenters. The molecule has 22 heavy (non-hydrogen) atoms. The third kappa shape index (κ3) is 4.80. The Kier molecular flexibility index (Phi) is 7.55. The van der Waals surface area contributed by atoms with Gasteiger partial charge in [-0.15, -0.1) is 12.4 Å². The standard InChI is InChI=1S/C14H20ClFN2O2S.ClH/c15-12-8-11(16)6-7-14(12)21(19,20)18-13(9-17)10-4-2-1-3-5-10;/h6-8,10,13,18H,1-5,9,17H2;1H. The fourth-order valence-electron chi connectivity index (χ4n) is 2.83. The van der Waals surface area contributed by atoms with Crippen LogP contribution in [0.3, 0.4) is 0 Å². The second kappa shape index (κ2) is 8.45. The Bertz CT molecular complexity index is 593. The molecule has 1 aliphatic rings. The monoisotopic (exact) mass is 370 g/mol. The summed E-state index contributed by atoms with van der Waals surface area (Å²) in [6.07, 6.45) is 5.33. The fourth-order valence-corrected chi connectivity index (χ4v) is 4.68. The minimum atomic E-state index is -3.80. The SMILES string of the molecule is Cl.NCC(NS(=O)(=O)c1ccc(F)cc1Cl)C1CCCCC1. The average molecular weight is 371 g/mol. The van der Waals surface area contributed by atoms with Crippen molar-refractivity contribution in [1.29, 1.82) is 0 Å². The van der Waals surface area contributed by atoms with Crippen molar-refractivity contribution >= 4 is 34.0 Å². The first-order chi connectivity index (χ1) is 9.94. The molecular weight excluding hydrogens is 350 g/mol. The summed E-state index contributed by atoms with van der Waals surface area (Å²) in [5, 5.41) is -0.123. The predicted octanol–water partition coefficient (Wildman–Crippen LogP) is 3.09. The summed E-state index contributed by atoms with van der Waals surface area (Å²) in [6, 6.07) is 2.94. The zero-order chi connectivity index (χ0) is 15.5. The molecule has 0 aliphatic heterocycles. The summed E-state index contributed by atoms with van der Waals surface area (Å²) < 4.78 is 40.5. The lowest BCUT2D eigenvalue weighted by molar-refractivity contribution is 0.294. The van der Waals surface area contributed by atoms with Crippen molar-refractivity contribution in [2.45, 2.75) is 43.0 Å². The smallest absolute Gasteiger partial charge is 0.242 e. The molecule has 8 heteroatoms. The van der Waals surface area contributed by atoms with Crippen LogP contribution in [0, 0.1) is 11.7 Å². The van der Waals surface area contributed by atoms with E-state index in [0.29, 0.717) is 0 Å². The molecule has 1 unspecified atom stereocenters. The van der Waals surface area contributed by atoms with Crippen molar-refractivity contribution < 1.29 is 12.8 Å². The number of nitrogens with two attached hydrogens (primary N) is 1. The molecule has 0 amide bonds. The molecule has 0 radical (unpaired) electrons. The van der Waals surface area contributed by atoms with E-state index in [1.807, 2.05) is 0 Å². The van der Waals surface area contributed by atoms with Gasteiger partial charge in [0.1, 0.15) is 10.7 Å². The molecule has 1 aromatic rings. The van der Waals surface area contributed by atoms with E-state index in [-0.39, 0.29) is 40.8 Å². The van der Waals surface area contributed by atoms with Gasteiger partial charge in [0.15, 0.2) is 0 Å². The van der Waals surface area contributed by atoms with E-state index in [1.54, 1.807) is 0 Å². The van der Waals surface area contributed by atoms with Gasteiger partial charge >= 0.3 is 0 Å². The molecule has 0 saturated heterocycles. The van der Waals surface area contributed by atoms with Gasteiger partial charge in [-0.05, 0) is 37.0 Å². The first-order valence-electron chi connectivity index (χ1n) is 7.11. The van der Waals surface area contributed by atoms with E-state index in [0.717, 1.165) is 37.8 Å². The lowest BCUT2D eigenvalue weighted by atomic mass is 9.84. The molecule has 1 saturated carbocycles. The molecule has 1 fully saturated rings. The summed E-state index contributed by atoms with van der Waals surface area (Å²) in [5.41, 5.74) is 5.73. The maximum Gasteiger partial charge on any atom is 0.242 e. The predicted molar refractivity (Wildman–Crippen MR) is 88.4 cm³/mol. The number of nitrogens with one attached hydrogen (secondary N) is 1. The lowest BCUT2D eigenvalue weighted by Crippen LogP contribution is -2.45. The third-order valence-corrected chi connectivity index (χ3v) is 5.94. The molecular formula is C14H21Cl2FN2O2S. The highest BCUT2D eigenvalue weighted by molar-refractivity contribution is 7.89. The highest BCUT2D eigenvalue weighted by Gasteiger charge is 2.28. The number of halogens is 3. The summed E-state index contributed by atoms with van der Waals surface area (Å²) in [6.45, 7) is 0.239. The van der Waals surface area contributed by atoms with Gasteiger partial charge in [-0.3, -0.25) is 0 Å². The number of sulfonamides is 1. The van der Waals surface area contributed by atoms with Gasteiger partial charge in [0, 0.05) is 12.6 Å². The summed E-state index contributed by atoms with van der Waals surface area (Å²) >= 11 is 5.84. The van der Waals surface area contributed by atoms with E-state index in [9.17, 15) is 12.8 Å². The van der Waals surface area contributed by atoms with Crippen LogP contribution in [0.1, 0.15) is 32.1 Å². The first kappa shape index (κ1) is 19.6. The van der Waals surface area contributed by atoms with Crippen LogP contribution < -0.4 is 10.5 Å². The van der Waals surface area contributed by atoms with E-state index in [4.69, 9.17) is 17.3 Å². The van der Waals surface area contributed by atoms with Crippen LogP contribution in [0.5, 0.6) is 0 Å². The molecule has 1 aromatic carbocycles. The Morgan fingerprint density at radius 2 is 1.95 bits per heavy atom. The van der Waals surface area contributed by atoms with Gasteiger partial charge in [0.05, 0.1) is 5.02 Å². The second-order valence-electron chi connectivity index (χ2n) is 5.44. The second-order valence-corrected chi connectivity index (χ2v) is 7.53. The van der Waals surface area contributed by atoms with Crippen LogP contribution in [0.4, 0.5) is 4.39 Å². The summed E-state index contributed by atoms with van der Waals surface area (Å²) in [4.78, 5) is -0.111. The lowest BCUT2D eigenvalue weighted by Gasteiger charge is -2.29. The van der Waals surface area contributed by atoms with Crippen molar-refractivity contribution in [2.24, 2.45) is 11.7 Å². The van der Waals surface area contributed by atoms with Crippen LogP contribution in [0.15, 0.2) is 23.1 Å². The topological polar surface area (TPSA) is 72.2 Å².